The van der Waals surface area contributed by atoms with Crippen LogP contribution in [-0.2, 0) is 11.3 Å². The van der Waals surface area contributed by atoms with E-state index in [1.807, 2.05) is 47.3 Å². The van der Waals surface area contributed by atoms with Gasteiger partial charge in [0.1, 0.15) is 0 Å². The predicted molar refractivity (Wildman–Crippen MR) is 83.8 cm³/mol. The van der Waals surface area contributed by atoms with Crippen molar-refractivity contribution in [2.75, 3.05) is 6.54 Å². The van der Waals surface area contributed by atoms with Gasteiger partial charge in [0.05, 0.1) is 17.3 Å². The van der Waals surface area contributed by atoms with Crippen LogP contribution in [0.2, 0.25) is 0 Å². The molecule has 22 heavy (non-hydrogen) atoms. The van der Waals surface area contributed by atoms with Crippen molar-refractivity contribution in [3.8, 4) is 5.69 Å². The maximum Gasteiger partial charge on any atom is 0.307 e. The molecule has 0 saturated carbocycles. The summed E-state index contributed by atoms with van der Waals surface area (Å²) in [6.07, 6.45) is 3.65. The van der Waals surface area contributed by atoms with Crippen LogP contribution in [0.15, 0.2) is 42.6 Å². The van der Waals surface area contributed by atoms with Gasteiger partial charge in [0.2, 0.25) is 0 Å². The van der Waals surface area contributed by atoms with Crippen molar-refractivity contribution in [3.63, 3.8) is 0 Å². The molecule has 116 valence electrons. The zero-order chi connectivity index (χ0) is 15.5. The normalized spacial score (nSPS) is 22.6. The summed E-state index contributed by atoms with van der Waals surface area (Å²) >= 11 is 0. The number of hydrogen-bond donors (Lipinski definition) is 1. The fourth-order valence-electron chi connectivity index (χ4n) is 2.98. The predicted octanol–water partition coefficient (Wildman–Crippen LogP) is 2.56. The molecule has 0 bridgehead atoms. The molecular weight excluding hydrogens is 278 g/mol. The smallest absolute Gasteiger partial charge is 0.307 e. The van der Waals surface area contributed by atoms with Crippen LogP contribution in [0.1, 0.15) is 25.5 Å². The molecule has 1 aliphatic heterocycles. The van der Waals surface area contributed by atoms with E-state index in [9.17, 15) is 9.90 Å². The first-order valence-corrected chi connectivity index (χ1v) is 7.70. The van der Waals surface area contributed by atoms with E-state index >= 15 is 0 Å². The molecule has 1 aromatic carbocycles. The average Bonchev–Trinajstić information content (AvgIpc) is 2.99. The van der Waals surface area contributed by atoms with Gasteiger partial charge in [0.25, 0.3) is 0 Å². The number of carboxylic acid groups (broad SMARTS) is 1. The Morgan fingerprint density at radius 2 is 2.05 bits per heavy atom. The van der Waals surface area contributed by atoms with E-state index in [4.69, 9.17) is 0 Å². The van der Waals surface area contributed by atoms with Crippen molar-refractivity contribution < 1.29 is 9.90 Å². The molecule has 2 aromatic rings. The molecule has 1 saturated heterocycles. The largest absolute Gasteiger partial charge is 0.481 e. The number of carboxylic acids is 1. The van der Waals surface area contributed by atoms with Crippen LogP contribution >= 0.6 is 0 Å². The highest BCUT2D eigenvalue weighted by atomic mass is 16.4. The molecule has 0 radical (unpaired) electrons. The van der Waals surface area contributed by atoms with Gasteiger partial charge in [-0.2, -0.15) is 5.10 Å². The van der Waals surface area contributed by atoms with E-state index in [2.05, 4.69) is 16.9 Å². The third-order valence-corrected chi connectivity index (χ3v) is 4.39. The standard InChI is InChI=1S/C17H21N3O2/c1-13-7-8-14(17(21)22)11-19(13)12-15-9-10-20(18-15)16-5-3-2-4-6-16/h2-6,9-10,13-14H,7-8,11-12H2,1H3,(H,21,22). The second-order valence-electron chi connectivity index (χ2n) is 5.98. The highest BCUT2D eigenvalue weighted by Crippen LogP contribution is 2.23. The van der Waals surface area contributed by atoms with Crippen molar-refractivity contribution in [1.82, 2.24) is 14.7 Å². The quantitative estimate of drug-likeness (QED) is 0.942. The molecule has 0 aliphatic carbocycles. The van der Waals surface area contributed by atoms with Crippen LogP contribution in [0.25, 0.3) is 5.69 Å². The van der Waals surface area contributed by atoms with Gasteiger partial charge in [-0.1, -0.05) is 18.2 Å². The number of hydrogen-bond acceptors (Lipinski definition) is 3. The van der Waals surface area contributed by atoms with Crippen molar-refractivity contribution in [1.29, 1.82) is 0 Å². The number of nitrogens with zero attached hydrogens (tertiary/aromatic N) is 3. The van der Waals surface area contributed by atoms with E-state index in [0.29, 0.717) is 19.1 Å². The van der Waals surface area contributed by atoms with E-state index in [1.54, 1.807) is 0 Å². The van der Waals surface area contributed by atoms with Crippen molar-refractivity contribution >= 4 is 5.97 Å². The van der Waals surface area contributed by atoms with Crippen LogP contribution in [-0.4, -0.2) is 38.3 Å². The first-order chi connectivity index (χ1) is 10.6. The molecule has 5 heteroatoms. The van der Waals surface area contributed by atoms with Crippen molar-refractivity contribution in [3.05, 3.63) is 48.3 Å². The number of benzene rings is 1. The monoisotopic (exact) mass is 299 g/mol. The molecule has 0 spiro atoms. The molecule has 1 aromatic heterocycles. The summed E-state index contributed by atoms with van der Waals surface area (Å²) in [7, 11) is 0. The highest BCUT2D eigenvalue weighted by Gasteiger charge is 2.29. The Bertz CT molecular complexity index is 638. The first-order valence-electron chi connectivity index (χ1n) is 7.70. The van der Waals surface area contributed by atoms with Gasteiger partial charge in [-0.05, 0) is 38.0 Å². The SMILES string of the molecule is CC1CCC(C(=O)O)CN1Cc1ccn(-c2ccccc2)n1. The molecule has 1 N–H and O–H groups in total. The Kier molecular flexibility index (Phi) is 4.24. The number of aliphatic carboxylic acids is 1. The van der Waals surface area contributed by atoms with E-state index in [0.717, 1.165) is 24.2 Å². The van der Waals surface area contributed by atoms with Crippen molar-refractivity contribution in [2.45, 2.75) is 32.4 Å². The van der Waals surface area contributed by atoms with Crippen LogP contribution in [0, 0.1) is 5.92 Å². The van der Waals surface area contributed by atoms with E-state index in [1.165, 1.54) is 0 Å². The molecule has 2 atom stereocenters. The van der Waals surface area contributed by atoms with Gasteiger partial charge in [0.15, 0.2) is 0 Å². The van der Waals surface area contributed by atoms with Crippen LogP contribution in [0.3, 0.4) is 0 Å². The zero-order valence-electron chi connectivity index (χ0n) is 12.7. The average molecular weight is 299 g/mol. The summed E-state index contributed by atoms with van der Waals surface area (Å²) in [5.74, 6) is -0.945. The van der Waals surface area contributed by atoms with Crippen molar-refractivity contribution in [2.24, 2.45) is 5.92 Å². The fraction of sp³-hybridized carbons (Fsp3) is 0.412. The van der Waals surface area contributed by atoms with Gasteiger partial charge in [0, 0.05) is 25.3 Å². The van der Waals surface area contributed by atoms with Gasteiger partial charge in [-0.3, -0.25) is 9.69 Å². The second-order valence-corrected chi connectivity index (χ2v) is 5.98. The minimum atomic E-state index is -0.688. The summed E-state index contributed by atoms with van der Waals surface area (Å²) in [6.45, 7) is 3.46. The molecule has 1 fully saturated rings. The third-order valence-electron chi connectivity index (χ3n) is 4.39. The fourth-order valence-corrected chi connectivity index (χ4v) is 2.98. The van der Waals surface area contributed by atoms with Crippen LogP contribution < -0.4 is 0 Å². The molecule has 2 unspecified atom stereocenters. The number of piperidine rings is 1. The van der Waals surface area contributed by atoms with Crippen LogP contribution in [0.5, 0.6) is 0 Å². The zero-order valence-corrected chi connectivity index (χ0v) is 12.7. The third kappa shape index (κ3) is 3.20. The van der Waals surface area contributed by atoms with Gasteiger partial charge in [-0.25, -0.2) is 4.68 Å². The van der Waals surface area contributed by atoms with E-state index < -0.39 is 5.97 Å². The summed E-state index contributed by atoms with van der Waals surface area (Å²) in [5, 5.41) is 13.8. The molecule has 2 heterocycles. The summed E-state index contributed by atoms with van der Waals surface area (Å²) < 4.78 is 1.86. The van der Waals surface area contributed by atoms with Crippen LogP contribution in [0.4, 0.5) is 0 Å². The number of aromatic nitrogens is 2. The molecule has 3 rings (SSSR count). The van der Waals surface area contributed by atoms with Gasteiger partial charge < -0.3 is 5.11 Å². The minimum Gasteiger partial charge on any atom is -0.481 e. The number of likely N-dealkylation sites (tertiary alicyclic amines) is 1. The Morgan fingerprint density at radius 1 is 1.27 bits per heavy atom. The first kappa shape index (κ1) is 14.8. The molecule has 0 amide bonds. The topological polar surface area (TPSA) is 58.4 Å². The Hall–Kier alpha value is -2.14. The van der Waals surface area contributed by atoms with E-state index in [-0.39, 0.29) is 5.92 Å². The lowest BCUT2D eigenvalue weighted by Crippen LogP contribution is -2.43. The number of rotatable bonds is 4. The summed E-state index contributed by atoms with van der Waals surface area (Å²) in [6, 6.07) is 12.4. The maximum absolute atomic E-state index is 11.2. The lowest BCUT2D eigenvalue weighted by Gasteiger charge is -2.35. The Labute approximate surface area is 130 Å². The maximum atomic E-state index is 11.2. The molecule has 5 nitrogen and oxygen atoms in total. The van der Waals surface area contributed by atoms with Gasteiger partial charge in [-0.15, -0.1) is 0 Å². The van der Waals surface area contributed by atoms with Gasteiger partial charge >= 0.3 is 5.97 Å². The molecular formula is C17H21N3O2. The Morgan fingerprint density at radius 3 is 2.77 bits per heavy atom. The second kappa shape index (κ2) is 6.32. The Balaban J connectivity index is 1.70. The lowest BCUT2D eigenvalue weighted by molar-refractivity contribution is -0.144. The summed E-state index contributed by atoms with van der Waals surface area (Å²) in [5.41, 5.74) is 2.01. The highest BCUT2D eigenvalue weighted by molar-refractivity contribution is 5.70. The molecule has 1 aliphatic rings. The summed E-state index contributed by atoms with van der Waals surface area (Å²) in [4.78, 5) is 13.4. The minimum absolute atomic E-state index is 0.257. The number of para-hydroxylation sites is 1. The lowest BCUT2D eigenvalue weighted by atomic mass is 9.93. The number of carbonyl (C=O) groups is 1.